The Kier molecular flexibility index (Phi) is 7.53. The second-order valence-corrected chi connectivity index (χ2v) is 10.6. The molecule has 1 aliphatic carbocycles. The van der Waals surface area contributed by atoms with Crippen LogP contribution in [0.25, 0.3) is 0 Å². The van der Waals surface area contributed by atoms with E-state index in [1.807, 2.05) is 10.8 Å². The molecule has 0 saturated heterocycles. The Morgan fingerprint density at radius 3 is 2.50 bits per heavy atom. The van der Waals surface area contributed by atoms with Crippen LogP contribution in [0, 0.1) is 11.3 Å². The van der Waals surface area contributed by atoms with Crippen molar-refractivity contribution in [3.05, 3.63) is 47.2 Å². The molecule has 2 amide bonds. The number of aromatic nitrogens is 1. The van der Waals surface area contributed by atoms with Crippen LogP contribution in [0.1, 0.15) is 49.9 Å². The summed E-state index contributed by atoms with van der Waals surface area (Å²) in [5, 5.41) is 12.3. The maximum Gasteiger partial charge on any atom is 0.264 e. The van der Waals surface area contributed by atoms with E-state index in [0.29, 0.717) is 16.3 Å². The van der Waals surface area contributed by atoms with Crippen LogP contribution in [0.5, 0.6) is 0 Å². The van der Waals surface area contributed by atoms with E-state index < -0.39 is 21.2 Å². The fourth-order valence-electron chi connectivity index (χ4n) is 3.39. The second kappa shape index (κ2) is 10.1. The predicted octanol–water partition coefficient (Wildman–Crippen LogP) is 3.17. The highest BCUT2D eigenvalue weighted by Gasteiger charge is 2.21. The average Bonchev–Trinajstić information content (AvgIpc) is 2.97. The summed E-state index contributed by atoms with van der Waals surface area (Å²) in [7, 11) is -3.94. The summed E-state index contributed by atoms with van der Waals surface area (Å²) in [5.74, 6) is -0.982. The van der Waals surface area contributed by atoms with E-state index >= 15 is 0 Å². The fraction of sp³-hybridized carbons (Fsp3) is 0.364. The molecule has 1 aromatic heterocycles. The van der Waals surface area contributed by atoms with Crippen LogP contribution >= 0.6 is 11.8 Å². The number of carbonyl (C=O) groups is 2. The molecule has 3 rings (SSSR count). The molecule has 0 saturated carbocycles. The number of rotatable bonds is 6. The second-order valence-electron chi connectivity index (χ2n) is 7.55. The van der Waals surface area contributed by atoms with Gasteiger partial charge in [0.25, 0.3) is 10.0 Å². The van der Waals surface area contributed by atoms with E-state index in [9.17, 15) is 23.3 Å². The zero-order valence-electron chi connectivity index (χ0n) is 17.8. The van der Waals surface area contributed by atoms with Crippen LogP contribution in [0.3, 0.4) is 0 Å². The van der Waals surface area contributed by atoms with E-state index in [1.54, 1.807) is 6.92 Å². The first-order valence-electron chi connectivity index (χ1n) is 10.2. The highest BCUT2D eigenvalue weighted by atomic mass is 32.2. The maximum atomic E-state index is 12.7. The molecule has 0 aliphatic heterocycles. The Bertz CT molecular complexity index is 1170. The number of fused-ring (bicyclic) bond motifs is 1. The average molecular weight is 473 g/mol. The monoisotopic (exact) mass is 472 g/mol. The number of thioether (sulfide) groups is 1. The van der Waals surface area contributed by atoms with Gasteiger partial charge in [-0.3, -0.25) is 9.59 Å². The molecule has 32 heavy (non-hydrogen) atoms. The third kappa shape index (κ3) is 5.87. The minimum atomic E-state index is -3.94. The molecule has 0 fully saturated rings. The lowest BCUT2D eigenvalue weighted by molar-refractivity contribution is -0.117. The third-order valence-corrected chi connectivity index (χ3v) is 7.56. The summed E-state index contributed by atoms with van der Waals surface area (Å²) in [6, 6.07) is 9.60. The standard InChI is InChI=1S/C22H24N4O4S2/c1-14(31-22-17(13-23)12-16-6-4-3-5-7-20(16)25-22)21(28)24-18-8-10-19(11-9-18)32(29,30)26-15(2)27/h8-12,14H,3-7H2,1-2H3,(H,24,28)(H,26,27). The van der Waals surface area contributed by atoms with Crippen molar-refractivity contribution in [3.8, 4) is 6.07 Å². The first-order chi connectivity index (χ1) is 15.2. The minimum Gasteiger partial charge on any atom is -0.325 e. The molecule has 2 aromatic rings. The van der Waals surface area contributed by atoms with Crippen molar-refractivity contribution >= 4 is 39.3 Å². The molecular formula is C22H24N4O4S2. The van der Waals surface area contributed by atoms with Gasteiger partial charge in [-0.15, -0.1) is 0 Å². The van der Waals surface area contributed by atoms with Gasteiger partial charge in [-0.25, -0.2) is 18.1 Å². The van der Waals surface area contributed by atoms with Crippen LogP contribution < -0.4 is 10.0 Å². The van der Waals surface area contributed by atoms with Crippen molar-refractivity contribution in [3.63, 3.8) is 0 Å². The highest BCUT2D eigenvalue weighted by Crippen LogP contribution is 2.30. The van der Waals surface area contributed by atoms with Gasteiger partial charge in [-0.2, -0.15) is 5.26 Å². The Morgan fingerprint density at radius 2 is 1.84 bits per heavy atom. The van der Waals surface area contributed by atoms with E-state index in [4.69, 9.17) is 4.98 Å². The zero-order chi connectivity index (χ0) is 23.3. The number of nitriles is 1. The largest absolute Gasteiger partial charge is 0.325 e. The molecule has 2 N–H and O–H groups in total. The summed E-state index contributed by atoms with van der Waals surface area (Å²) in [5.41, 5.74) is 3.02. The zero-order valence-corrected chi connectivity index (χ0v) is 19.5. The van der Waals surface area contributed by atoms with Crippen LogP contribution in [-0.2, 0) is 32.5 Å². The van der Waals surface area contributed by atoms with Gasteiger partial charge >= 0.3 is 0 Å². The van der Waals surface area contributed by atoms with Gasteiger partial charge in [0.05, 0.1) is 15.7 Å². The highest BCUT2D eigenvalue weighted by molar-refractivity contribution is 8.00. The molecular weight excluding hydrogens is 448 g/mol. The van der Waals surface area contributed by atoms with Crippen molar-refractivity contribution in [2.24, 2.45) is 0 Å². The van der Waals surface area contributed by atoms with Gasteiger partial charge in [-0.05, 0) is 68.5 Å². The number of nitrogens with one attached hydrogen (secondary N) is 2. The van der Waals surface area contributed by atoms with E-state index in [1.165, 1.54) is 36.0 Å². The normalized spacial score (nSPS) is 14.4. The number of hydrogen-bond acceptors (Lipinski definition) is 7. The quantitative estimate of drug-likeness (QED) is 0.488. The molecule has 10 heteroatoms. The van der Waals surface area contributed by atoms with Crippen LogP contribution in [0.15, 0.2) is 40.3 Å². The fourth-order valence-corrected chi connectivity index (χ4v) is 5.28. The number of benzene rings is 1. The summed E-state index contributed by atoms with van der Waals surface area (Å²) >= 11 is 1.23. The van der Waals surface area contributed by atoms with E-state index in [-0.39, 0.29) is 10.8 Å². The van der Waals surface area contributed by atoms with E-state index in [0.717, 1.165) is 50.3 Å². The topological polar surface area (TPSA) is 129 Å². The molecule has 0 bridgehead atoms. The lowest BCUT2D eigenvalue weighted by Crippen LogP contribution is -2.28. The third-order valence-electron chi connectivity index (χ3n) is 5.00. The van der Waals surface area contributed by atoms with Crippen LogP contribution in [0.4, 0.5) is 5.69 Å². The predicted molar refractivity (Wildman–Crippen MR) is 122 cm³/mol. The molecule has 168 valence electrons. The Hall–Kier alpha value is -2.90. The Balaban J connectivity index is 1.70. The smallest absolute Gasteiger partial charge is 0.264 e. The number of pyridine rings is 1. The molecule has 0 spiro atoms. The van der Waals surface area contributed by atoms with Gasteiger partial charge in [0.15, 0.2) is 0 Å². The molecule has 0 radical (unpaired) electrons. The number of amides is 2. The summed E-state index contributed by atoms with van der Waals surface area (Å²) in [6.07, 6.45) is 5.11. The van der Waals surface area contributed by atoms with Gasteiger partial charge in [-0.1, -0.05) is 18.2 Å². The number of aryl methyl sites for hydroxylation is 2. The molecule has 8 nitrogen and oxygen atoms in total. The number of sulfonamides is 1. The SMILES string of the molecule is CC(=O)NS(=O)(=O)c1ccc(NC(=O)C(C)Sc2nc3c(cc2C#N)CCCCC3)cc1. The van der Waals surface area contributed by atoms with E-state index in [2.05, 4.69) is 11.4 Å². The van der Waals surface area contributed by atoms with Crippen molar-refractivity contribution in [1.29, 1.82) is 5.26 Å². The number of carbonyl (C=O) groups excluding carboxylic acids is 2. The van der Waals surface area contributed by atoms with Crippen molar-refractivity contribution in [2.75, 3.05) is 5.32 Å². The van der Waals surface area contributed by atoms with Gasteiger partial charge in [0, 0.05) is 18.3 Å². The number of hydrogen-bond donors (Lipinski definition) is 2. The molecule has 1 aromatic carbocycles. The van der Waals surface area contributed by atoms with Crippen LogP contribution in [-0.4, -0.2) is 30.5 Å². The first-order valence-corrected chi connectivity index (χ1v) is 12.6. The minimum absolute atomic E-state index is 0.0824. The van der Waals surface area contributed by atoms with Crippen molar-refractivity contribution < 1.29 is 18.0 Å². The maximum absolute atomic E-state index is 12.7. The summed E-state index contributed by atoms with van der Waals surface area (Å²) in [4.78, 5) is 28.3. The Labute approximate surface area is 191 Å². The number of nitrogens with zero attached hydrogens (tertiary/aromatic N) is 2. The Morgan fingerprint density at radius 1 is 1.16 bits per heavy atom. The van der Waals surface area contributed by atoms with Crippen LogP contribution in [0.2, 0.25) is 0 Å². The van der Waals surface area contributed by atoms with Crippen molar-refractivity contribution in [2.45, 2.75) is 61.1 Å². The molecule has 1 atom stereocenters. The summed E-state index contributed by atoms with van der Waals surface area (Å²) in [6.45, 7) is 2.84. The van der Waals surface area contributed by atoms with Gasteiger partial charge in [0.2, 0.25) is 11.8 Å². The van der Waals surface area contributed by atoms with Gasteiger partial charge in [0.1, 0.15) is 11.1 Å². The van der Waals surface area contributed by atoms with Gasteiger partial charge < -0.3 is 5.32 Å². The summed E-state index contributed by atoms with van der Waals surface area (Å²) < 4.78 is 25.9. The molecule has 1 aliphatic rings. The van der Waals surface area contributed by atoms with Crippen molar-refractivity contribution in [1.82, 2.24) is 9.71 Å². The lowest BCUT2D eigenvalue weighted by Gasteiger charge is -2.14. The molecule has 1 unspecified atom stereocenters. The first kappa shape index (κ1) is 23.8. The molecule has 1 heterocycles. The lowest BCUT2D eigenvalue weighted by atomic mass is 10.1. The number of anilines is 1.